The van der Waals surface area contributed by atoms with Crippen molar-refractivity contribution in [1.29, 1.82) is 0 Å². The molecule has 2 N–H and O–H groups in total. The number of fused-ring (bicyclic) bond motifs is 1. The number of carbonyl (C=O) groups excluding carboxylic acids is 1. The number of hydrogen-bond donors (Lipinski definition) is 2. The van der Waals surface area contributed by atoms with Gasteiger partial charge in [-0.2, -0.15) is 0 Å². The normalized spacial score (nSPS) is 29.5. The van der Waals surface area contributed by atoms with Crippen molar-refractivity contribution in [3.05, 3.63) is 65.7 Å². The van der Waals surface area contributed by atoms with E-state index in [2.05, 4.69) is 4.90 Å². The lowest BCUT2D eigenvalue weighted by Crippen LogP contribution is -2.39. The van der Waals surface area contributed by atoms with Crippen LogP contribution in [0.15, 0.2) is 54.6 Å². The molecule has 1 heterocycles. The number of phenols is 1. The molecule has 2 aromatic carbocycles. The van der Waals surface area contributed by atoms with E-state index in [4.69, 9.17) is 0 Å². The fraction of sp³-hybridized carbons (Fsp3) is 0.409. The monoisotopic (exact) mass is 351 g/mol. The summed E-state index contributed by atoms with van der Waals surface area (Å²) in [6, 6.07) is 16.2. The van der Waals surface area contributed by atoms with Gasteiger partial charge in [0.2, 0.25) is 0 Å². The van der Waals surface area contributed by atoms with Crippen LogP contribution in [-0.2, 0) is 5.60 Å². The summed E-state index contributed by atoms with van der Waals surface area (Å²) in [5.74, 6) is 1.11. The molecule has 2 aliphatic rings. The van der Waals surface area contributed by atoms with Gasteiger partial charge in [-0.1, -0.05) is 30.3 Å². The number of hydrogen-bond acceptors (Lipinski definition) is 4. The second kappa shape index (κ2) is 6.53. The lowest BCUT2D eigenvalue weighted by molar-refractivity contribution is 0.0297. The van der Waals surface area contributed by atoms with Crippen molar-refractivity contribution >= 4 is 5.78 Å². The van der Waals surface area contributed by atoms with E-state index in [1.807, 2.05) is 37.3 Å². The Bertz CT molecular complexity index is 773. The van der Waals surface area contributed by atoms with Crippen molar-refractivity contribution in [1.82, 2.24) is 4.90 Å². The van der Waals surface area contributed by atoms with Gasteiger partial charge in [0.1, 0.15) is 5.75 Å². The zero-order chi connectivity index (χ0) is 18.3. The molecule has 0 bridgehead atoms. The van der Waals surface area contributed by atoms with Crippen molar-refractivity contribution in [3.63, 3.8) is 0 Å². The number of aromatic hydroxyl groups is 1. The van der Waals surface area contributed by atoms with Gasteiger partial charge in [-0.15, -0.1) is 0 Å². The Morgan fingerprint density at radius 1 is 1.04 bits per heavy atom. The largest absolute Gasteiger partial charge is 0.508 e. The smallest absolute Gasteiger partial charge is 0.179 e. The molecule has 4 atom stereocenters. The van der Waals surface area contributed by atoms with Crippen molar-refractivity contribution in [3.8, 4) is 5.75 Å². The van der Waals surface area contributed by atoms with Crippen molar-refractivity contribution in [2.75, 3.05) is 13.1 Å². The van der Waals surface area contributed by atoms with E-state index >= 15 is 0 Å². The Labute approximate surface area is 154 Å². The minimum absolute atomic E-state index is 0.0864. The van der Waals surface area contributed by atoms with Gasteiger partial charge in [0.05, 0.1) is 11.6 Å². The summed E-state index contributed by atoms with van der Waals surface area (Å²) in [6.45, 7) is 3.66. The summed E-state index contributed by atoms with van der Waals surface area (Å²) in [4.78, 5) is 15.0. The van der Waals surface area contributed by atoms with Crippen LogP contribution in [0.2, 0.25) is 0 Å². The third-order valence-electron chi connectivity index (χ3n) is 6.19. The van der Waals surface area contributed by atoms with E-state index in [9.17, 15) is 15.0 Å². The second-order valence-electron chi connectivity index (χ2n) is 7.87. The first-order valence-electron chi connectivity index (χ1n) is 9.31. The highest BCUT2D eigenvalue weighted by Crippen LogP contribution is 2.49. The molecule has 0 amide bonds. The maximum Gasteiger partial charge on any atom is 0.179 e. The predicted octanol–water partition coefficient (Wildman–Crippen LogP) is 3.19. The third kappa shape index (κ3) is 3.04. The van der Waals surface area contributed by atoms with Gasteiger partial charge in [0.15, 0.2) is 5.78 Å². The number of ketones is 1. The van der Waals surface area contributed by atoms with Crippen LogP contribution in [0.25, 0.3) is 0 Å². The minimum Gasteiger partial charge on any atom is -0.508 e. The Balaban J connectivity index is 1.43. The summed E-state index contributed by atoms with van der Waals surface area (Å²) in [6.07, 6.45) is 1.52. The molecule has 0 spiro atoms. The van der Waals surface area contributed by atoms with Crippen molar-refractivity contribution in [2.45, 2.75) is 31.4 Å². The van der Waals surface area contributed by atoms with Gasteiger partial charge >= 0.3 is 0 Å². The Morgan fingerprint density at radius 2 is 1.62 bits per heavy atom. The minimum atomic E-state index is -0.729. The van der Waals surface area contributed by atoms with E-state index in [0.29, 0.717) is 17.4 Å². The summed E-state index contributed by atoms with van der Waals surface area (Å²) in [7, 11) is 0. The summed E-state index contributed by atoms with van der Waals surface area (Å²) >= 11 is 0. The Kier molecular flexibility index (Phi) is 4.33. The molecule has 1 aliphatic carbocycles. The van der Waals surface area contributed by atoms with Gasteiger partial charge in [0.25, 0.3) is 0 Å². The SMILES string of the molecule is CC(C(=O)c1ccc(O)cc1)N1C[C@@H]2C[C@@](O)(c3ccccc3)C[C@@H]2C1. The number of benzene rings is 2. The zero-order valence-corrected chi connectivity index (χ0v) is 15.0. The highest BCUT2D eigenvalue weighted by molar-refractivity contribution is 5.99. The molecule has 4 rings (SSSR count). The molecule has 2 fully saturated rings. The third-order valence-corrected chi connectivity index (χ3v) is 6.19. The summed E-state index contributed by atoms with van der Waals surface area (Å²) in [5, 5.41) is 20.5. The molecule has 1 saturated carbocycles. The van der Waals surface area contributed by atoms with Crippen LogP contribution >= 0.6 is 0 Å². The first-order valence-corrected chi connectivity index (χ1v) is 9.31. The number of likely N-dealkylation sites (tertiary alicyclic amines) is 1. The van der Waals surface area contributed by atoms with Crippen molar-refractivity contribution < 1.29 is 15.0 Å². The molecule has 1 unspecified atom stereocenters. The number of carbonyl (C=O) groups is 1. The van der Waals surface area contributed by atoms with E-state index in [1.165, 1.54) is 0 Å². The summed E-state index contributed by atoms with van der Waals surface area (Å²) < 4.78 is 0. The number of aliphatic hydroxyl groups is 1. The van der Waals surface area contributed by atoms with Crippen molar-refractivity contribution in [2.24, 2.45) is 11.8 Å². The van der Waals surface area contributed by atoms with E-state index < -0.39 is 5.60 Å². The first kappa shape index (κ1) is 17.3. The topological polar surface area (TPSA) is 60.8 Å². The molecular formula is C22H25NO3. The van der Waals surface area contributed by atoms with Crippen LogP contribution in [0, 0.1) is 11.8 Å². The van der Waals surface area contributed by atoms with Gasteiger partial charge in [-0.05, 0) is 61.4 Å². The fourth-order valence-electron chi connectivity index (χ4n) is 4.72. The number of Topliss-reactive ketones (excluding diaryl/α,β-unsaturated/α-hetero) is 1. The zero-order valence-electron chi connectivity index (χ0n) is 15.0. The van der Waals surface area contributed by atoms with Crippen LogP contribution in [-0.4, -0.2) is 40.0 Å². The van der Waals surface area contributed by atoms with Gasteiger partial charge in [-0.25, -0.2) is 0 Å². The van der Waals surface area contributed by atoms with E-state index in [1.54, 1.807) is 24.3 Å². The average Bonchev–Trinajstić information content (AvgIpc) is 3.18. The molecule has 2 aromatic rings. The van der Waals surface area contributed by atoms with Gasteiger partial charge < -0.3 is 10.2 Å². The molecule has 136 valence electrons. The summed E-state index contributed by atoms with van der Waals surface area (Å²) in [5.41, 5.74) is 0.912. The second-order valence-corrected chi connectivity index (χ2v) is 7.87. The molecule has 0 aromatic heterocycles. The number of rotatable bonds is 4. The molecule has 1 aliphatic heterocycles. The van der Waals surface area contributed by atoms with Crippen LogP contribution in [0.3, 0.4) is 0 Å². The van der Waals surface area contributed by atoms with Crippen LogP contribution in [0.4, 0.5) is 0 Å². The number of phenolic OH excluding ortho intramolecular Hbond substituents is 1. The highest BCUT2D eigenvalue weighted by atomic mass is 16.3. The van der Waals surface area contributed by atoms with E-state index in [-0.39, 0.29) is 17.6 Å². The van der Waals surface area contributed by atoms with E-state index in [0.717, 1.165) is 31.5 Å². The van der Waals surface area contributed by atoms with Crippen LogP contribution in [0.5, 0.6) is 5.75 Å². The highest BCUT2D eigenvalue weighted by Gasteiger charge is 2.50. The maximum atomic E-state index is 12.7. The molecule has 4 heteroatoms. The van der Waals surface area contributed by atoms with Gasteiger partial charge in [-0.3, -0.25) is 9.69 Å². The molecule has 1 saturated heterocycles. The van der Waals surface area contributed by atoms with Crippen LogP contribution in [0.1, 0.15) is 35.7 Å². The molecule has 0 radical (unpaired) electrons. The molecule has 26 heavy (non-hydrogen) atoms. The Hall–Kier alpha value is -2.17. The Morgan fingerprint density at radius 3 is 2.19 bits per heavy atom. The number of nitrogens with zero attached hydrogens (tertiary/aromatic N) is 1. The lowest BCUT2D eigenvalue weighted by Gasteiger charge is -2.28. The first-order chi connectivity index (χ1) is 12.5. The van der Waals surface area contributed by atoms with Crippen LogP contribution < -0.4 is 0 Å². The standard InChI is InChI=1S/C22H25NO3/c1-15(21(25)16-7-9-20(24)10-8-16)23-13-17-11-22(26,12-18(17)14-23)19-5-3-2-4-6-19/h2-10,15,17-18,24,26H,11-14H2,1H3/t15?,17-,18+,22-. The maximum absolute atomic E-state index is 12.7. The fourth-order valence-corrected chi connectivity index (χ4v) is 4.72. The molecular weight excluding hydrogens is 326 g/mol. The van der Waals surface area contributed by atoms with Gasteiger partial charge in [0, 0.05) is 18.7 Å². The average molecular weight is 351 g/mol. The predicted molar refractivity (Wildman–Crippen MR) is 100 cm³/mol. The lowest BCUT2D eigenvalue weighted by atomic mass is 9.90. The quantitative estimate of drug-likeness (QED) is 0.831. The molecule has 4 nitrogen and oxygen atoms in total.